The van der Waals surface area contributed by atoms with Crippen molar-refractivity contribution in [3.8, 4) is 0 Å². The van der Waals surface area contributed by atoms with Crippen molar-refractivity contribution < 1.29 is 13.2 Å². The van der Waals surface area contributed by atoms with Gasteiger partial charge in [-0.25, -0.2) is 8.42 Å². The Morgan fingerprint density at radius 1 is 1.04 bits per heavy atom. The van der Waals surface area contributed by atoms with Crippen molar-refractivity contribution in [2.75, 3.05) is 13.1 Å². The van der Waals surface area contributed by atoms with Crippen LogP contribution in [0.2, 0.25) is 0 Å². The second-order valence-electron chi connectivity index (χ2n) is 6.27. The van der Waals surface area contributed by atoms with Crippen molar-refractivity contribution in [3.05, 3.63) is 52.4 Å². The van der Waals surface area contributed by atoms with Gasteiger partial charge in [0.25, 0.3) is 10.0 Å². The molecule has 2 heterocycles. The van der Waals surface area contributed by atoms with E-state index in [1.54, 1.807) is 6.07 Å². The third-order valence-electron chi connectivity index (χ3n) is 4.47. The van der Waals surface area contributed by atoms with E-state index < -0.39 is 10.0 Å². The number of hydrogen-bond acceptors (Lipinski definition) is 4. The molecule has 0 spiro atoms. The Kier molecular flexibility index (Phi) is 4.90. The number of carbonyl (C=O) groups excluding carboxylic acids is 1. The number of rotatable bonds is 4. The fraction of sp³-hybridized carbons (Fsp3) is 0.389. The summed E-state index contributed by atoms with van der Waals surface area (Å²) in [5.41, 5.74) is 1.84. The van der Waals surface area contributed by atoms with E-state index in [0.717, 1.165) is 16.0 Å². The standard InChI is InChI=1S/C18H21NO3S2/c1-13-3-6-15(7-4-13)18(20)16-9-11-19(12-10-16)24(21,22)17-8-5-14(2)23-17/h3-8,16H,9-12H2,1-2H3. The fourth-order valence-electron chi connectivity index (χ4n) is 2.99. The third kappa shape index (κ3) is 3.45. The van der Waals surface area contributed by atoms with E-state index in [-0.39, 0.29) is 11.7 Å². The summed E-state index contributed by atoms with van der Waals surface area (Å²) in [6.45, 7) is 4.70. The lowest BCUT2D eigenvalue weighted by molar-refractivity contribution is 0.0875. The molecule has 2 aromatic rings. The molecular formula is C18H21NO3S2. The lowest BCUT2D eigenvalue weighted by Gasteiger charge is -2.30. The van der Waals surface area contributed by atoms with Crippen LogP contribution in [0.5, 0.6) is 0 Å². The Hall–Kier alpha value is -1.50. The maximum Gasteiger partial charge on any atom is 0.252 e. The molecule has 1 aliphatic rings. The molecule has 24 heavy (non-hydrogen) atoms. The number of Topliss-reactive ketones (excluding diaryl/α,β-unsaturated/α-hetero) is 1. The first-order valence-corrected chi connectivity index (χ1v) is 10.3. The van der Waals surface area contributed by atoms with Crippen molar-refractivity contribution in [2.24, 2.45) is 5.92 Å². The van der Waals surface area contributed by atoms with Gasteiger partial charge in [-0.3, -0.25) is 4.79 Å². The summed E-state index contributed by atoms with van der Waals surface area (Å²) in [5.74, 6) is 0.0308. The molecule has 0 unspecified atom stereocenters. The van der Waals surface area contributed by atoms with Crippen molar-refractivity contribution in [1.29, 1.82) is 0 Å². The highest BCUT2D eigenvalue weighted by Crippen LogP contribution is 2.29. The summed E-state index contributed by atoms with van der Waals surface area (Å²) in [7, 11) is -3.42. The van der Waals surface area contributed by atoms with Crippen molar-refractivity contribution in [1.82, 2.24) is 4.31 Å². The number of sulfonamides is 1. The molecule has 128 valence electrons. The van der Waals surface area contributed by atoms with Gasteiger partial charge in [0.05, 0.1) is 0 Å². The zero-order chi connectivity index (χ0) is 17.3. The molecule has 0 radical (unpaired) electrons. The van der Waals surface area contributed by atoms with E-state index in [0.29, 0.717) is 30.1 Å². The number of piperidine rings is 1. The summed E-state index contributed by atoms with van der Waals surface area (Å²) >= 11 is 1.30. The van der Waals surface area contributed by atoms with Crippen LogP contribution in [0, 0.1) is 19.8 Å². The number of hydrogen-bond donors (Lipinski definition) is 0. The van der Waals surface area contributed by atoms with Crippen LogP contribution >= 0.6 is 11.3 Å². The normalized spacial score (nSPS) is 17.1. The molecule has 1 saturated heterocycles. The average molecular weight is 364 g/mol. The largest absolute Gasteiger partial charge is 0.294 e. The lowest BCUT2D eigenvalue weighted by Crippen LogP contribution is -2.40. The summed E-state index contributed by atoms with van der Waals surface area (Å²) in [4.78, 5) is 13.6. The van der Waals surface area contributed by atoms with Gasteiger partial charge in [0.1, 0.15) is 4.21 Å². The van der Waals surface area contributed by atoms with Crippen LogP contribution in [0.3, 0.4) is 0 Å². The van der Waals surface area contributed by atoms with Gasteiger partial charge in [0.15, 0.2) is 5.78 Å². The Balaban J connectivity index is 1.67. The highest BCUT2D eigenvalue weighted by atomic mass is 32.2. The molecular weight excluding hydrogens is 342 g/mol. The first kappa shape index (κ1) is 17.3. The SMILES string of the molecule is Cc1ccc(C(=O)C2CCN(S(=O)(=O)c3ccc(C)s3)CC2)cc1. The molecule has 4 nitrogen and oxygen atoms in total. The molecule has 0 aliphatic carbocycles. The van der Waals surface area contributed by atoms with E-state index in [2.05, 4.69) is 0 Å². The third-order valence-corrected chi connectivity index (χ3v) is 7.84. The van der Waals surface area contributed by atoms with Gasteiger partial charge in [-0.1, -0.05) is 29.8 Å². The second-order valence-corrected chi connectivity index (χ2v) is 9.73. The average Bonchev–Trinajstić information content (AvgIpc) is 3.02. The van der Waals surface area contributed by atoms with Crippen LogP contribution in [0.1, 0.15) is 33.6 Å². The smallest absolute Gasteiger partial charge is 0.252 e. The Morgan fingerprint density at radius 3 is 2.21 bits per heavy atom. The van der Waals surface area contributed by atoms with Gasteiger partial charge in [0, 0.05) is 29.4 Å². The van der Waals surface area contributed by atoms with E-state index in [1.165, 1.54) is 15.6 Å². The highest BCUT2D eigenvalue weighted by Gasteiger charge is 2.33. The molecule has 0 saturated carbocycles. The number of nitrogens with zero attached hydrogens (tertiary/aromatic N) is 1. The predicted molar refractivity (Wildman–Crippen MR) is 96.0 cm³/mol. The van der Waals surface area contributed by atoms with Crippen molar-refractivity contribution >= 4 is 27.1 Å². The molecule has 0 atom stereocenters. The zero-order valence-electron chi connectivity index (χ0n) is 13.9. The second kappa shape index (κ2) is 6.78. The van der Waals surface area contributed by atoms with Crippen LogP contribution in [0.25, 0.3) is 0 Å². The van der Waals surface area contributed by atoms with E-state index in [9.17, 15) is 13.2 Å². The predicted octanol–water partition coefficient (Wildman–Crippen LogP) is 3.65. The van der Waals surface area contributed by atoms with Gasteiger partial charge < -0.3 is 0 Å². The Morgan fingerprint density at radius 2 is 1.67 bits per heavy atom. The quantitative estimate of drug-likeness (QED) is 0.779. The van der Waals surface area contributed by atoms with E-state index >= 15 is 0 Å². The molecule has 0 amide bonds. The minimum absolute atomic E-state index is 0.0933. The molecule has 1 aromatic heterocycles. The topological polar surface area (TPSA) is 54.5 Å². The first-order chi connectivity index (χ1) is 11.4. The highest BCUT2D eigenvalue weighted by molar-refractivity contribution is 7.91. The molecule has 1 aliphatic heterocycles. The Labute approximate surface area is 147 Å². The number of carbonyl (C=O) groups is 1. The van der Waals surface area contributed by atoms with Gasteiger partial charge >= 0.3 is 0 Å². The monoisotopic (exact) mass is 363 g/mol. The zero-order valence-corrected chi connectivity index (χ0v) is 15.5. The van der Waals surface area contributed by atoms with Gasteiger partial charge in [0.2, 0.25) is 0 Å². The summed E-state index contributed by atoms with van der Waals surface area (Å²) in [6, 6.07) is 11.1. The van der Waals surface area contributed by atoms with Gasteiger partial charge in [-0.15, -0.1) is 11.3 Å². The van der Waals surface area contributed by atoms with Crippen LogP contribution in [0.15, 0.2) is 40.6 Å². The van der Waals surface area contributed by atoms with Crippen LogP contribution in [-0.4, -0.2) is 31.6 Å². The summed E-state index contributed by atoms with van der Waals surface area (Å²) in [5, 5.41) is 0. The lowest BCUT2D eigenvalue weighted by atomic mass is 9.89. The molecule has 1 fully saturated rings. The van der Waals surface area contributed by atoms with Crippen molar-refractivity contribution in [3.63, 3.8) is 0 Å². The molecule has 1 aromatic carbocycles. The number of benzene rings is 1. The van der Waals surface area contributed by atoms with Crippen LogP contribution < -0.4 is 0 Å². The molecule has 0 N–H and O–H groups in total. The number of ketones is 1. The Bertz CT molecular complexity index is 829. The van der Waals surface area contributed by atoms with E-state index in [4.69, 9.17) is 0 Å². The maximum absolute atomic E-state index is 12.6. The summed E-state index contributed by atoms with van der Waals surface area (Å²) in [6.07, 6.45) is 1.16. The minimum atomic E-state index is -3.42. The molecule has 6 heteroatoms. The minimum Gasteiger partial charge on any atom is -0.294 e. The van der Waals surface area contributed by atoms with Crippen LogP contribution in [0.4, 0.5) is 0 Å². The maximum atomic E-state index is 12.6. The summed E-state index contributed by atoms with van der Waals surface area (Å²) < 4.78 is 27.2. The fourth-order valence-corrected chi connectivity index (χ4v) is 5.90. The molecule has 0 bridgehead atoms. The van der Waals surface area contributed by atoms with Gasteiger partial charge in [-0.2, -0.15) is 4.31 Å². The number of thiophene rings is 1. The van der Waals surface area contributed by atoms with Gasteiger partial charge in [-0.05, 0) is 38.8 Å². The molecule has 3 rings (SSSR count). The van der Waals surface area contributed by atoms with Crippen molar-refractivity contribution in [2.45, 2.75) is 30.9 Å². The van der Waals surface area contributed by atoms with Crippen LogP contribution in [-0.2, 0) is 10.0 Å². The van der Waals surface area contributed by atoms with E-state index in [1.807, 2.05) is 44.2 Å². The first-order valence-electron chi connectivity index (χ1n) is 8.05. The number of aryl methyl sites for hydroxylation is 2.